The molecule has 0 fully saturated rings. The number of imidazole rings is 1. The van der Waals surface area contributed by atoms with Crippen LogP contribution in [-0.2, 0) is 0 Å². The van der Waals surface area contributed by atoms with Crippen molar-refractivity contribution in [2.75, 3.05) is 5.43 Å². The van der Waals surface area contributed by atoms with Crippen molar-refractivity contribution < 1.29 is 9.34 Å². The minimum atomic E-state index is -0.454. The lowest BCUT2D eigenvalue weighted by atomic mass is 10.3. The van der Waals surface area contributed by atoms with Crippen molar-refractivity contribution in [2.24, 2.45) is 5.10 Å². The van der Waals surface area contributed by atoms with E-state index in [9.17, 15) is 10.1 Å². The zero-order valence-corrected chi connectivity index (χ0v) is 11.3. The monoisotopic (exact) mass is 297 g/mol. The average Bonchev–Trinajstić information content (AvgIpc) is 3.22. The second kappa shape index (κ2) is 5.92. The summed E-state index contributed by atoms with van der Waals surface area (Å²) in [7, 11) is 0. The standard InChI is InChI=1S/C14H11N5O3/c20-19(21)11-5-3-10(4-6-11)17-18-13(12-2-1-9-22-12)14-15-7-8-16-14/h1-9,17H,(H,15,16)/b18-13+. The minimum absolute atomic E-state index is 0.0202. The van der Waals surface area contributed by atoms with Gasteiger partial charge in [-0.3, -0.25) is 15.5 Å². The van der Waals surface area contributed by atoms with Gasteiger partial charge in [-0.1, -0.05) is 0 Å². The van der Waals surface area contributed by atoms with Gasteiger partial charge in [0.1, 0.15) is 0 Å². The van der Waals surface area contributed by atoms with E-state index in [-0.39, 0.29) is 5.69 Å². The zero-order chi connectivity index (χ0) is 15.4. The van der Waals surface area contributed by atoms with Gasteiger partial charge in [-0.05, 0) is 24.3 Å². The van der Waals surface area contributed by atoms with Crippen LogP contribution in [0.5, 0.6) is 0 Å². The van der Waals surface area contributed by atoms with E-state index in [4.69, 9.17) is 4.42 Å². The molecule has 0 bridgehead atoms. The van der Waals surface area contributed by atoms with Crippen LogP contribution < -0.4 is 5.43 Å². The molecule has 8 nitrogen and oxygen atoms in total. The first kappa shape index (κ1) is 13.6. The molecule has 0 saturated carbocycles. The number of hydrogen-bond donors (Lipinski definition) is 2. The lowest BCUT2D eigenvalue weighted by Crippen LogP contribution is -2.07. The van der Waals surface area contributed by atoms with Crippen LogP contribution in [0.25, 0.3) is 0 Å². The van der Waals surface area contributed by atoms with Crippen LogP contribution in [0, 0.1) is 10.1 Å². The van der Waals surface area contributed by atoms with E-state index < -0.39 is 4.92 Å². The van der Waals surface area contributed by atoms with E-state index >= 15 is 0 Å². The number of non-ortho nitro benzene ring substituents is 1. The summed E-state index contributed by atoms with van der Waals surface area (Å²) in [6, 6.07) is 9.46. The van der Waals surface area contributed by atoms with E-state index in [1.807, 2.05) is 0 Å². The van der Waals surface area contributed by atoms with Gasteiger partial charge in [-0.25, -0.2) is 4.98 Å². The average molecular weight is 297 g/mol. The molecule has 0 spiro atoms. The number of nitrogens with one attached hydrogen (secondary N) is 2. The molecule has 3 aromatic rings. The Hall–Kier alpha value is -3.42. The fourth-order valence-electron chi connectivity index (χ4n) is 1.81. The maximum Gasteiger partial charge on any atom is 0.269 e. The molecule has 2 aromatic heterocycles. The van der Waals surface area contributed by atoms with Gasteiger partial charge in [-0.15, -0.1) is 0 Å². The van der Waals surface area contributed by atoms with Crippen molar-refractivity contribution in [3.63, 3.8) is 0 Å². The van der Waals surface area contributed by atoms with E-state index in [2.05, 4.69) is 20.5 Å². The Bertz CT molecular complexity index is 740. The third kappa shape index (κ3) is 2.85. The number of hydrazone groups is 1. The maximum atomic E-state index is 10.6. The third-order valence-corrected chi connectivity index (χ3v) is 2.85. The molecule has 8 heteroatoms. The van der Waals surface area contributed by atoms with Crippen LogP contribution in [0.2, 0.25) is 0 Å². The molecule has 0 saturated heterocycles. The topological polar surface area (TPSA) is 109 Å². The molecule has 0 unspecified atom stereocenters. The molecule has 1 aromatic carbocycles. The Morgan fingerprint density at radius 1 is 1.32 bits per heavy atom. The van der Waals surface area contributed by atoms with Gasteiger partial charge in [0.15, 0.2) is 17.3 Å². The summed E-state index contributed by atoms with van der Waals surface area (Å²) in [6.45, 7) is 0. The smallest absolute Gasteiger partial charge is 0.269 e. The first-order valence-electron chi connectivity index (χ1n) is 6.36. The Kier molecular flexibility index (Phi) is 3.65. The Balaban J connectivity index is 1.86. The number of anilines is 1. The molecule has 0 radical (unpaired) electrons. The summed E-state index contributed by atoms with van der Waals surface area (Å²) in [5, 5.41) is 14.9. The fraction of sp³-hybridized carbons (Fsp3) is 0. The maximum absolute atomic E-state index is 10.6. The summed E-state index contributed by atoms with van der Waals surface area (Å²) in [4.78, 5) is 17.3. The lowest BCUT2D eigenvalue weighted by Gasteiger charge is -2.03. The number of hydrogen-bond acceptors (Lipinski definition) is 6. The fourth-order valence-corrected chi connectivity index (χ4v) is 1.81. The second-order valence-electron chi connectivity index (χ2n) is 4.29. The summed E-state index contributed by atoms with van der Waals surface area (Å²) < 4.78 is 5.34. The normalized spacial score (nSPS) is 11.4. The Labute approximate surface area is 124 Å². The predicted octanol–water partition coefficient (Wildman–Crippen LogP) is 2.78. The highest BCUT2D eigenvalue weighted by molar-refractivity contribution is 6.08. The van der Waals surface area contributed by atoms with Gasteiger partial charge in [0.25, 0.3) is 5.69 Å². The molecule has 0 amide bonds. The molecule has 0 aliphatic carbocycles. The van der Waals surface area contributed by atoms with Gasteiger partial charge in [-0.2, -0.15) is 5.10 Å². The van der Waals surface area contributed by atoms with Crippen LogP contribution in [0.4, 0.5) is 11.4 Å². The van der Waals surface area contributed by atoms with Gasteiger partial charge < -0.3 is 9.40 Å². The van der Waals surface area contributed by atoms with Crippen molar-refractivity contribution in [1.29, 1.82) is 0 Å². The second-order valence-corrected chi connectivity index (χ2v) is 4.29. The van der Waals surface area contributed by atoms with Crippen LogP contribution in [0.1, 0.15) is 11.6 Å². The number of aromatic nitrogens is 2. The molecule has 110 valence electrons. The molecular weight excluding hydrogens is 286 g/mol. The van der Waals surface area contributed by atoms with Crippen molar-refractivity contribution in [2.45, 2.75) is 0 Å². The van der Waals surface area contributed by atoms with E-state index in [1.165, 1.54) is 12.1 Å². The number of rotatable bonds is 5. The van der Waals surface area contributed by atoms with Gasteiger partial charge >= 0.3 is 0 Å². The van der Waals surface area contributed by atoms with Crippen molar-refractivity contribution in [3.8, 4) is 0 Å². The summed E-state index contributed by atoms with van der Waals surface area (Å²) in [5.74, 6) is 1.09. The summed E-state index contributed by atoms with van der Waals surface area (Å²) in [6.07, 6.45) is 4.83. The molecule has 2 N–H and O–H groups in total. The predicted molar refractivity (Wildman–Crippen MR) is 79.7 cm³/mol. The number of nitrogens with zero attached hydrogens (tertiary/aromatic N) is 3. The van der Waals surface area contributed by atoms with Crippen LogP contribution in [0.15, 0.2) is 64.6 Å². The quantitative estimate of drug-likeness (QED) is 0.427. The largest absolute Gasteiger partial charge is 0.463 e. The Morgan fingerprint density at radius 2 is 2.14 bits per heavy atom. The van der Waals surface area contributed by atoms with Gasteiger partial charge in [0.2, 0.25) is 0 Å². The van der Waals surface area contributed by atoms with Gasteiger partial charge in [0, 0.05) is 24.5 Å². The molecule has 22 heavy (non-hydrogen) atoms. The lowest BCUT2D eigenvalue weighted by molar-refractivity contribution is -0.384. The highest BCUT2D eigenvalue weighted by atomic mass is 16.6. The number of furan rings is 1. The van der Waals surface area contributed by atoms with E-state index in [0.717, 1.165) is 0 Å². The van der Waals surface area contributed by atoms with Crippen LogP contribution in [-0.4, -0.2) is 20.6 Å². The van der Waals surface area contributed by atoms with Crippen molar-refractivity contribution in [1.82, 2.24) is 9.97 Å². The molecular formula is C14H11N5O3. The Morgan fingerprint density at radius 3 is 2.73 bits per heavy atom. The number of nitro groups is 1. The zero-order valence-electron chi connectivity index (χ0n) is 11.3. The van der Waals surface area contributed by atoms with Gasteiger partial charge in [0.05, 0.1) is 16.9 Å². The highest BCUT2D eigenvalue weighted by Crippen LogP contribution is 2.16. The number of aromatic amines is 1. The van der Waals surface area contributed by atoms with E-state index in [1.54, 1.807) is 42.9 Å². The van der Waals surface area contributed by atoms with Crippen molar-refractivity contribution >= 4 is 17.1 Å². The third-order valence-electron chi connectivity index (χ3n) is 2.85. The molecule has 2 heterocycles. The molecule has 0 atom stereocenters. The number of nitro benzene ring substituents is 1. The number of benzene rings is 1. The number of H-pyrrole nitrogens is 1. The van der Waals surface area contributed by atoms with Crippen LogP contribution >= 0.6 is 0 Å². The summed E-state index contributed by atoms with van der Waals surface area (Å²) >= 11 is 0. The highest BCUT2D eigenvalue weighted by Gasteiger charge is 2.12. The molecule has 0 aliphatic heterocycles. The van der Waals surface area contributed by atoms with Crippen molar-refractivity contribution in [3.05, 3.63) is 76.8 Å². The molecule has 0 aliphatic rings. The minimum Gasteiger partial charge on any atom is -0.463 e. The molecule has 3 rings (SSSR count). The SMILES string of the molecule is O=[N+]([O-])c1ccc(N/N=C(/c2ncc[nH]2)c2ccco2)cc1. The summed E-state index contributed by atoms with van der Waals surface area (Å²) in [5.41, 5.74) is 3.96. The first-order valence-corrected chi connectivity index (χ1v) is 6.36. The first-order chi connectivity index (χ1) is 10.7. The van der Waals surface area contributed by atoms with Crippen LogP contribution in [0.3, 0.4) is 0 Å². The van der Waals surface area contributed by atoms with E-state index in [0.29, 0.717) is 23.0 Å².